The predicted molar refractivity (Wildman–Crippen MR) is 108 cm³/mol. The second-order valence-electron chi connectivity index (χ2n) is 6.24. The van der Waals surface area contributed by atoms with Crippen LogP contribution in [0.2, 0.25) is 5.02 Å². The van der Waals surface area contributed by atoms with Gasteiger partial charge in [-0.1, -0.05) is 29.8 Å². The quantitative estimate of drug-likeness (QED) is 0.822. The number of halogens is 1. The van der Waals surface area contributed by atoms with Gasteiger partial charge in [-0.2, -0.15) is 0 Å². The van der Waals surface area contributed by atoms with Gasteiger partial charge in [0.15, 0.2) is 0 Å². The first-order chi connectivity index (χ1) is 13.1. The maximum absolute atomic E-state index is 12.6. The fourth-order valence-electron chi connectivity index (χ4n) is 3.13. The van der Waals surface area contributed by atoms with Gasteiger partial charge in [-0.25, -0.2) is 0 Å². The van der Waals surface area contributed by atoms with Gasteiger partial charge in [0.25, 0.3) is 0 Å². The van der Waals surface area contributed by atoms with Crippen LogP contribution in [0.4, 0.5) is 11.4 Å². The van der Waals surface area contributed by atoms with Crippen LogP contribution in [0.25, 0.3) is 0 Å². The van der Waals surface area contributed by atoms with E-state index in [-0.39, 0.29) is 12.5 Å². The van der Waals surface area contributed by atoms with Gasteiger partial charge in [-0.3, -0.25) is 4.79 Å². The van der Waals surface area contributed by atoms with Gasteiger partial charge in [-0.15, -0.1) is 0 Å². The van der Waals surface area contributed by atoms with E-state index in [4.69, 9.17) is 21.1 Å². The number of rotatable bonds is 6. The van der Waals surface area contributed by atoms with Gasteiger partial charge in [-0.05, 0) is 12.1 Å². The first kappa shape index (κ1) is 19.2. The van der Waals surface area contributed by atoms with E-state index in [1.165, 1.54) is 5.69 Å². The fourth-order valence-corrected chi connectivity index (χ4v) is 3.36. The number of para-hydroxylation sites is 1. The van der Waals surface area contributed by atoms with Gasteiger partial charge in [0.1, 0.15) is 11.5 Å². The van der Waals surface area contributed by atoms with E-state index in [0.717, 1.165) is 13.1 Å². The molecular formula is C20H24ClN3O3. The summed E-state index contributed by atoms with van der Waals surface area (Å²) in [5.41, 5.74) is 1.87. The lowest BCUT2D eigenvalue weighted by atomic mass is 10.2. The van der Waals surface area contributed by atoms with Crippen LogP contribution < -0.4 is 19.7 Å². The lowest BCUT2D eigenvalue weighted by molar-refractivity contribution is -0.129. The Morgan fingerprint density at radius 2 is 1.70 bits per heavy atom. The summed E-state index contributed by atoms with van der Waals surface area (Å²) in [6.45, 7) is 3.25. The van der Waals surface area contributed by atoms with Crippen LogP contribution >= 0.6 is 11.6 Å². The van der Waals surface area contributed by atoms with Crippen molar-refractivity contribution in [2.24, 2.45) is 0 Å². The van der Waals surface area contributed by atoms with Crippen molar-refractivity contribution in [3.05, 3.63) is 47.5 Å². The van der Waals surface area contributed by atoms with E-state index in [9.17, 15) is 4.79 Å². The van der Waals surface area contributed by atoms with E-state index in [2.05, 4.69) is 22.3 Å². The summed E-state index contributed by atoms with van der Waals surface area (Å²) in [6, 6.07) is 13.7. The van der Waals surface area contributed by atoms with Crippen molar-refractivity contribution in [1.82, 2.24) is 4.90 Å². The van der Waals surface area contributed by atoms with Crippen molar-refractivity contribution >= 4 is 28.9 Å². The Balaban J connectivity index is 1.56. The minimum atomic E-state index is 0.0543. The van der Waals surface area contributed by atoms with Crippen LogP contribution in [0.15, 0.2) is 42.5 Å². The number of anilines is 2. The number of carbonyl (C=O) groups is 1. The Labute approximate surface area is 164 Å². The van der Waals surface area contributed by atoms with Crippen molar-refractivity contribution in [2.75, 3.05) is 57.2 Å². The lowest BCUT2D eigenvalue weighted by Crippen LogP contribution is -2.50. The van der Waals surface area contributed by atoms with Gasteiger partial charge in [0.2, 0.25) is 5.91 Å². The van der Waals surface area contributed by atoms with E-state index >= 15 is 0 Å². The molecule has 1 aliphatic rings. The smallest absolute Gasteiger partial charge is 0.241 e. The molecule has 2 aromatic carbocycles. The zero-order valence-electron chi connectivity index (χ0n) is 15.6. The Kier molecular flexibility index (Phi) is 6.29. The molecule has 6 nitrogen and oxygen atoms in total. The maximum Gasteiger partial charge on any atom is 0.241 e. The summed E-state index contributed by atoms with van der Waals surface area (Å²) >= 11 is 6.12. The molecule has 0 unspecified atom stereocenters. The van der Waals surface area contributed by atoms with Crippen LogP contribution in [0.1, 0.15) is 0 Å². The van der Waals surface area contributed by atoms with Crippen LogP contribution in [0.5, 0.6) is 11.5 Å². The number of amides is 1. The number of piperazine rings is 1. The number of benzene rings is 2. The van der Waals surface area contributed by atoms with Gasteiger partial charge in [0.05, 0.1) is 31.5 Å². The Morgan fingerprint density at radius 1 is 1.04 bits per heavy atom. The highest BCUT2D eigenvalue weighted by molar-refractivity contribution is 6.32. The Hall–Kier alpha value is -2.60. The molecule has 2 aromatic rings. The summed E-state index contributed by atoms with van der Waals surface area (Å²) < 4.78 is 10.6. The second-order valence-corrected chi connectivity index (χ2v) is 6.65. The monoisotopic (exact) mass is 389 g/mol. The van der Waals surface area contributed by atoms with E-state index in [1.54, 1.807) is 26.4 Å². The van der Waals surface area contributed by atoms with E-state index in [0.29, 0.717) is 35.3 Å². The summed E-state index contributed by atoms with van der Waals surface area (Å²) in [6.07, 6.45) is 0. The third-order valence-corrected chi connectivity index (χ3v) is 4.95. The molecular weight excluding hydrogens is 366 g/mol. The molecule has 1 aliphatic heterocycles. The molecule has 0 aromatic heterocycles. The molecule has 1 saturated heterocycles. The Morgan fingerprint density at radius 3 is 2.33 bits per heavy atom. The van der Waals surface area contributed by atoms with Crippen LogP contribution in [-0.4, -0.2) is 57.8 Å². The molecule has 0 spiro atoms. The van der Waals surface area contributed by atoms with E-state index < -0.39 is 0 Å². The molecule has 7 heteroatoms. The average Bonchev–Trinajstić information content (AvgIpc) is 2.73. The number of hydrogen-bond acceptors (Lipinski definition) is 5. The standard InChI is InChI=1S/C20H24ClN3O3/c1-26-18-13-17(19(27-2)12-16(18)21)22-14-20(25)24-10-8-23(9-11-24)15-6-4-3-5-7-15/h3-7,12-13,22H,8-11,14H2,1-2H3. The van der Waals surface area contributed by atoms with Crippen molar-refractivity contribution in [3.63, 3.8) is 0 Å². The van der Waals surface area contributed by atoms with Crippen LogP contribution in [0, 0.1) is 0 Å². The first-order valence-electron chi connectivity index (χ1n) is 8.85. The first-order valence-corrected chi connectivity index (χ1v) is 9.23. The van der Waals surface area contributed by atoms with Crippen molar-refractivity contribution in [3.8, 4) is 11.5 Å². The largest absolute Gasteiger partial charge is 0.495 e. The minimum Gasteiger partial charge on any atom is -0.495 e. The predicted octanol–water partition coefficient (Wildman–Crippen LogP) is 3.12. The molecule has 0 saturated carbocycles. The highest BCUT2D eigenvalue weighted by Gasteiger charge is 2.21. The molecule has 0 atom stereocenters. The number of nitrogens with one attached hydrogen (secondary N) is 1. The lowest BCUT2D eigenvalue weighted by Gasteiger charge is -2.36. The third kappa shape index (κ3) is 4.57. The topological polar surface area (TPSA) is 54.0 Å². The molecule has 3 rings (SSSR count). The SMILES string of the molecule is COc1cc(NCC(=O)N2CCN(c3ccccc3)CC2)c(OC)cc1Cl. The van der Waals surface area contributed by atoms with Crippen molar-refractivity contribution in [1.29, 1.82) is 0 Å². The Bertz CT molecular complexity index is 778. The number of hydrogen-bond donors (Lipinski definition) is 1. The molecule has 27 heavy (non-hydrogen) atoms. The van der Waals surface area contributed by atoms with Gasteiger partial charge >= 0.3 is 0 Å². The highest BCUT2D eigenvalue weighted by Crippen LogP contribution is 2.35. The molecule has 0 aliphatic carbocycles. The fraction of sp³-hybridized carbons (Fsp3) is 0.350. The minimum absolute atomic E-state index is 0.0543. The van der Waals surface area contributed by atoms with Gasteiger partial charge in [0, 0.05) is 44.0 Å². The summed E-state index contributed by atoms with van der Waals surface area (Å²) in [5.74, 6) is 1.16. The van der Waals surface area contributed by atoms with Crippen LogP contribution in [0.3, 0.4) is 0 Å². The molecule has 1 N–H and O–H groups in total. The normalized spacial score (nSPS) is 14.0. The second kappa shape index (κ2) is 8.86. The third-order valence-electron chi connectivity index (χ3n) is 4.66. The highest BCUT2D eigenvalue weighted by atomic mass is 35.5. The van der Waals surface area contributed by atoms with E-state index in [1.807, 2.05) is 23.1 Å². The zero-order valence-corrected chi connectivity index (χ0v) is 16.3. The molecule has 144 valence electrons. The van der Waals surface area contributed by atoms with Gasteiger partial charge < -0.3 is 24.6 Å². The zero-order chi connectivity index (χ0) is 19.2. The average molecular weight is 390 g/mol. The molecule has 1 amide bonds. The number of nitrogens with zero attached hydrogens (tertiary/aromatic N) is 2. The summed E-state index contributed by atoms with van der Waals surface area (Å²) in [4.78, 5) is 16.8. The number of carbonyl (C=O) groups excluding carboxylic acids is 1. The number of methoxy groups -OCH3 is 2. The molecule has 0 radical (unpaired) electrons. The number of ether oxygens (including phenoxy) is 2. The van der Waals surface area contributed by atoms with Crippen LogP contribution in [-0.2, 0) is 4.79 Å². The van der Waals surface area contributed by atoms with Crippen molar-refractivity contribution in [2.45, 2.75) is 0 Å². The summed E-state index contributed by atoms with van der Waals surface area (Å²) in [5, 5.41) is 3.60. The summed E-state index contributed by atoms with van der Waals surface area (Å²) in [7, 11) is 3.11. The molecule has 1 heterocycles. The maximum atomic E-state index is 12.6. The molecule has 1 fully saturated rings. The van der Waals surface area contributed by atoms with Crippen molar-refractivity contribution < 1.29 is 14.3 Å². The molecule has 0 bridgehead atoms.